The van der Waals surface area contributed by atoms with E-state index < -0.39 is 23.5 Å². The molecule has 4 rings (SSSR count). The fourth-order valence-corrected chi connectivity index (χ4v) is 3.28. The average Bonchev–Trinajstić information content (AvgIpc) is 2.90. The van der Waals surface area contributed by atoms with Crippen LogP contribution in [0, 0.1) is 0 Å². The molecule has 0 atom stereocenters. The molecular weight excluding hydrogens is 509 g/mol. The van der Waals surface area contributed by atoms with E-state index in [1.165, 1.54) is 64.1 Å². The minimum atomic E-state index is -4.63. The summed E-state index contributed by atoms with van der Waals surface area (Å²) in [7, 11) is 1.49. The highest BCUT2D eigenvalue weighted by Crippen LogP contribution is 2.36. The monoisotopic (exact) mass is 550 g/mol. The molecule has 0 bridgehead atoms. The van der Waals surface area contributed by atoms with E-state index in [0.717, 1.165) is 19.2 Å². The van der Waals surface area contributed by atoms with Crippen LogP contribution in [-0.4, -0.2) is 46.8 Å². The highest BCUT2D eigenvalue weighted by atomic mass is 19.4. The van der Waals surface area contributed by atoms with Crippen LogP contribution in [0.25, 0.3) is 0 Å². The molecule has 2 aromatic rings. The van der Waals surface area contributed by atoms with Gasteiger partial charge in [0.15, 0.2) is 0 Å². The van der Waals surface area contributed by atoms with Crippen molar-refractivity contribution in [3.63, 3.8) is 0 Å². The van der Waals surface area contributed by atoms with Crippen LogP contribution < -0.4 is 16.0 Å². The number of nitrogens with zero attached hydrogens (tertiary/aromatic N) is 3. The molecule has 1 saturated heterocycles. The van der Waals surface area contributed by atoms with E-state index in [4.69, 9.17) is 0 Å². The summed E-state index contributed by atoms with van der Waals surface area (Å²) in [6.45, 7) is 10.9. The van der Waals surface area contributed by atoms with E-state index in [1.54, 1.807) is 19.1 Å². The first-order chi connectivity index (χ1) is 18.7. The van der Waals surface area contributed by atoms with Crippen molar-refractivity contribution in [2.75, 3.05) is 36.1 Å². The zero-order valence-corrected chi connectivity index (χ0v) is 23.3. The number of halogens is 3. The first kappa shape index (κ1) is 33.4. The third-order valence-corrected chi connectivity index (χ3v) is 5.74. The Labute approximate surface area is 229 Å². The predicted molar refractivity (Wildman–Crippen MR) is 151 cm³/mol. The van der Waals surface area contributed by atoms with Gasteiger partial charge in [-0.3, -0.25) is 9.59 Å². The number of para-hydroxylation sites is 2. The van der Waals surface area contributed by atoms with Crippen LogP contribution in [0.4, 0.5) is 36.3 Å². The molecule has 0 unspecified atom stereocenters. The van der Waals surface area contributed by atoms with Crippen molar-refractivity contribution in [1.82, 2.24) is 14.9 Å². The normalized spacial score (nSPS) is 13.9. The Morgan fingerprint density at radius 3 is 1.95 bits per heavy atom. The Bertz CT molecular complexity index is 1030. The molecule has 1 aliphatic heterocycles. The maximum Gasteiger partial charge on any atom is 0.421 e. The molecule has 1 aromatic heterocycles. The summed E-state index contributed by atoms with van der Waals surface area (Å²) in [6, 6.07) is 6.30. The van der Waals surface area contributed by atoms with Gasteiger partial charge in [-0.1, -0.05) is 58.2 Å². The van der Waals surface area contributed by atoms with Gasteiger partial charge in [0.05, 0.1) is 11.4 Å². The Kier molecular flexibility index (Phi) is 15.2. The minimum absolute atomic E-state index is 0.0260. The number of amides is 2. The smallest absolute Gasteiger partial charge is 0.357 e. The van der Waals surface area contributed by atoms with Gasteiger partial charge in [0.2, 0.25) is 17.8 Å². The molecule has 2 amide bonds. The van der Waals surface area contributed by atoms with E-state index >= 15 is 0 Å². The third-order valence-electron chi connectivity index (χ3n) is 5.74. The van der Waals surface area contributed by atoms with Crippen molar-refractivity contribution < 1.29 is 22.8 Å². The van der Waals surface area contributed by atoms with Crippen molar-refractivity contribution >= 4 is 35.0 Å². The summed E-state index contributed by atoms with van der Waals surface area (Å²) < 4.78 is 39.4. The van der Waals surface area contributed by atoms with Gasteiger partial charge in [0.25, 0.3) is 0 Å². The van der Waals surface area contributed by atoms with E-state index in [0.29, 0.717) is 11.9 Å². The second kappa shape index (κ2) is 17.8. The Hall–Kier alpha value is -3.63. The number of rotatable bonds is 5. The molecule has 11 heteroatoms. The first-order valence-electron chi connectivity index (χ1n) is 13.3. The molecule has 39 heavy (non-hydrogen) atoms. The molecule has 1 aliphatic carbocycles. The van der Waals surface area contributed by atoms with Crippen LogP contribution in [0.15, 0.2) is 43.1 Å². The van der Waals surface area contributed by atoms with Gasteiger partial charge in [0.1, 0.15) is 11.4 Å². The summed E-state index contributed by atoms with van der Waals surface area (Å²) >= 11 is 0. The number of anilines is 4. The number of hydrogen-bond donors (Lipinski definition) is 3. The Morgan fingerprint density at radius 2 is 1.51 bits per heavy atom. The number of likely N-dealkylation sites (tertiary alicyclic amines) is 1. The van der Waals surface area contributed by atoms with E-state index in [1.807, 2.05) is 18.7 Å². The lowest BCUT2D eigenvalue weighted by Crippen LogP contribution is -2.33. The second-order valence-corrected chi connectivity index (χ2v) is 8.55. The highest BCUT2D eigenvalue weighted by Gasteiger charge is 2.35. The molecule has 2 fully saturated rings. The molecule has 2 heterocycles. The SMILES string of the molecule is C1CCC1.C=CC(=O)Nc1ccccc1Nc1nc(NC)ncc1C(F)(F)F.CC.CC(=O)N1CCCCC1. The maximum absolute atomic E-state index is 13.1. The molecule has 1 aromatic carbocycles. The van der Waals surface area contributed by atoms with Gasteiger partial charge < -0.3 is 20.9 Å². The molecule has 8 nitrogen and oxygen atoms in total. The lowest BCUT2D eigenvalue weighted by atomic mass is 10.0. The second-order valence-electron chi connectivity index (χ2n) is 8.55. The van der Waals surface area contributed by atoms with Gasteiger partial charge in [-0.05, 0) is 37.5 Å². The van der Waals surface area contributed by atoms with Crippen molar-refractivity contribution in [2.45, 2.75) is 71.9 Å². The number of nitrogens with one attached hydrogen (secondary N) is 3. The van der Waals surface area contributed by atoms with Crippen LogP contribution in [0.3, 0.4) is 0 Å². The molecular formula is C28H41F3N6O2. The minimum Gasteiger partial charge on any atom is -0.357 e. The van der Waals surface area contributed by atoms with Gasteiger partial charge >= 0.3 is 6.18 Å². The van der Waals surface area contributed by atoms with Crippen molar-refractivity contribution in [2.24, 2.45) is 0 Å². The van der Waals surface area contributed by atoms with Crippen LogP contribution in [0.1, 0.15) is 71.3 Å². The number of alkyl halides is 3. The fraction of sp³-hybridized carbons (Fsp3) is 0.500. The standard InChI is InChI=1S/C15H14F3N5O.C7H13NO.C4H8.C2H6/c1-3-12(24)21-10-6-4-5-7-11(10)22-13-9(15(16,17)18)8-20-14(19-2)23-13;1-7(9)8-5-3-2-4-6-8;1-2-4-3-1;1-2/h3-8H,1H2,2H3,(H,21,24)(H2,19,20,22,23);2-6H2,1H3;1-4H2;1-2H3. The quantitative estimate of drug-likeness (QED) is 0.346. The molecule has 1 saturated carbocycles. The number of benzene rings is 1. The number of carbonyl (C=O) groups excluding carboxylic acids is 2. The molecule has 216 valence electrons. The zero-order chi connectivity index (χ0) is 29.3. The molecule has 3 N–H and O–H groups in total. The molecule has 0 radical (unpaired) electrons. The largest absolute Gasteiger partial charge is 0.421 e. The zero-order valence-electron chi connectivity index (χ0n) is 23.3. The lowest BCUT2D eigenvalue weighted by molar-refractivity contribution is -0.137. The van der Waals surface area contributed by atoms with Gasteiger partial charge in [-0.25, -0.2) is 4.98 Å². The molecule has 2 aliphatic rings. The van der Waals surface area contributed by atoms with Gasteiger partial charge in [-0.15, -0.1) is 0 Å². The number of carbonyl (C=O) groups is 2. The maximum atomic E-state index is 13.1. The summed E-state index contributed by atoms with van der Waals surface area (Å²) in [5.74, 6) is -0.658. The number of aromatic nitrogens is 2. The van der Waals surface area contributed by atoms with Crippen LogP contribution in [0.5, 0.6) is 0 Å². The predicted octanol–water partition coefficient (Wildman–Crippen LogP) is 7.01. The van der Waals surface area contributed by atoms with E-state index in [9.17, 15) is 22.8 Å². The van der Waals surface area contributed by atoms with Crippen LogP contribution in [0.2, 0.25) is 0 Å². The molecule has 0 spiro atoms. The third kappa shape index (κ3) is 12.2. The first-order valence-corrected chi connectivity index (χ1v) is 13.3. The average molecular weight is 551 g/mol. The fourth-order valence-electron chi connectivity index (χ4n) is 3.28. The van der Waals surface area contributed by atoms with E-state index in [-0.39, 0.29) is 17.5 Å². The van der Waals surface area contributed by atoms with Crippen molar-refractivity contribution in [3.05, 3.63) is 48.7 Å². The van der Waals surface area contributed by atoms with Gasteiger partial charge in [0, 0.05) is 33.3 Å². The summed E-state index contributed by atoms with van der Waals surface area (Å²) in [4.78, 5) is 31.5. The number of piperidine rings is 1. The van der Waals surface area contributed by atoms with Gasteiger partial charge in [-0.2, -0.15) is 18.2 Å². The van der Waals surface area contributed by atoms with E-state index in [2.05, 4.69) is 32.5 Å². The Morgan fingerprint density at radius 1 is 0.974 bits per heavy atom. The number of hydrogen-bond acceptors (Lipinski definition) is 6. The summed E-state index contributed by atoms with van der Waals surface area (Å²) in [6.07, 6.45) is 6.80. The lowest BCUT2D eigenvalue weighted by Gasteiger charge is -2.24. The summed E-state index contributed by atoms with van der Waals surface area (Å²) in [5, 5.41) is 7.67. The van der Waals surface area contributed by atoms with Crippen molar-refractivity contribution in [3.8, 4) is 0 Å². The van der Waals surface area contributed by atoms with Crippen LogP contribution >= 0.6 is 0 Å². The Balaban J connectivity index is 0.000000411. The highest BCUT2D eigenvalue weighted by molar-refractivity contribution is 6.01. The van der Waals surface area contributed by atoms with Crippen molar-refractivity contribution in [1.29, 1.82) is 0 Å². The summed E-state index contributed by atoms with van der Waals surface area (Å²) in [5.41, 5.74) is -0.481. The van der Waals surface area contributed by atoms with Crippen LogP contribution in [-0.2, 0) is 15.8 Å². The topological polar surface area (TPSA) is 99.2 Å².